The summed E-state index contributed by atoms with van der Waals surface area (Å²) in [5.74, 6) is 1.35. The van der Waals surface area contributed by atoms with Crippen molar-refractivity contribution in [3.63, 3.8) is 0 Å². The van der Waals surface area contributed by atoms with Gasteiger partial charge in [-0.15, -0.1) is 0 Å². The maximum Gasteiger partial charge on any atom is 0.319 e. The first-order chi connectivity index (χ1) is 7.79. The second-order valence-corrected chi connectivity index (χ2v) is 3.93. The van der Waals surface area contributed by atoms with Crippen molar-refractivity contribution in [1.29, 1.82) is 0 Å². The molecule has 0 bridgehead atoms. The number of urea groups is 1. The highest BCUT2D eigenvalue weighted by Crippen LogP contribution is 2.34. The molecule has 5 nitrogen and oxygen atoms in total. The quantitative estimate of drug-likeness (QED) is 0.835. The Morgan fingerprint density at radius 1 is 1.38 bits per heavy atom. The molecule has 0 aromatic heterocycles. The molecule has 0 fully saturated rings. The average Bonchev–Trinajstić information content (AvgIpc) is 2.73. The number of rotatable bonds is 3. The van der Waals surface area contributed by atoms with Crippen molar-refractivity contribution in [2.45, 2.75) is 0 Å². The Morgan fingerprint density at radius 2 is 2.19 bits per heavy atom. The van der Waals surface area contributed by atoms with Gasteiger partial charge in [-0.1, -0.05) is 15.9 Å². The lowest BCUT2D eigenvalue weighted by atomic mass is 10.3. The van der Waals surface area contributed by atoms with E-state index in [-0.39, 0.29) is 12.8 Å². The summed E-state index contributed by atoms with van der Waals surface area (Å²) in [5, 5.41) is 6.10. The Morgan fingerprint density at radius 3 is 3.00 bits per heavy atom. The number of alkyl halides is 1. The van der Waals surface area contributed by atoms with Crippen LogP contribution in [-0.2, 0) is 0 Å². The van der Waals surface area contributed by atoms with Gasteiger partial charge in [0.05, 0.1) is 0 Å². The number of hydrogen-bond acceptors (Lipinski definition) is 3. The number of hydrogen-bond donors (Lipinski definition) is 2. The summed E-state index contributed by atoms with van der Waals surface area (Å²) in [7, 11) is 0. The first-order valence-electron chi connectivity index (χ1n) is 4.80. The first kappa shape index (κ1) is 11.1. The molecule has 0 spiro atoms. The Kier molecular flexibility index (Phi) is 3.51. The molecule has 0 unspecified atom stereocenters. The van der Waals surface area contributed by atoms with Crippen molar-refractivity contribution in [3.05, 3.63) is 18.2 Å². The van der Waals surface area contributed by atoms with Gasteiger partial charge in [0, 0.05) is 23.6 Å². The van der Waals surface area contributed by atoms with E-state index < -0.39 is 0 Å². The Balaban J connectivity index is 1.97. The van der Waals surface area contributed by atoms with Crippen molar-refractivity contribution in [2.75, 3.05) is 24.0 Å². The molecule has 0 saturated carbocycles. The van der Waals surface area contributed by atoms with Crippen LogP contribution in [0.1, 0.15) is 0 Å². The minimum absolute atomic E-state index is 0.231. The fraction of sp³-hybridized carbons (Fsp3) is 0.300. The number of halogens is 1. The number of ether oxygens (including phenoxy) is 2. The number of amides is 2. The molecule has 2 N–H and O–H groups in total. The molecule has 16 heavy (non-hydrogen) atoms. The lowest BCUT2D eigenvalue weighted by Crippen LogP contribution is -2.30. The van der Waals surface area contributed by atoms with Crippen LogP contribution in [0.25, 0.3) is 0 Å². The number of carbonyl (C=O) groups is 1. The van der Waals surface area contributed by atoms with Gasteiger partial charge in [0.15, 0.2) is 11.5 Å². The van der Waals surface area contributed by atoms with E-state index in [1.165, 1.54) is 0 Å². The molecule has 6 heteroatoms. The van der Waals surface area contributed by atoms with Crippen molar-refractivity contribution in [3.8, 4) is 11.5 Å². The summed E-state index contributed by atoms with van der Waals surface area (Å²) in [6.45, 7) is 0.810. The minimum atomic E-state index is -0.238. The minimum Gasteiger partial charge on any atom is -0.454 e. The predicted molar refractivity (Wildman–Crippen MR) is 63.4 cm³/mol. The third kappa shape index (κ3) is 2.57. The van der Waals surface area contributed by atoms with Crippen LogP contribution in [0, 0.1) is 0 Å². The SMILES string of the molecule is O=C(NCCBr)Nc1ccc2c(c1)OCO2. The molecule has 86 valence electrons. The lowest BCUT2D eigenvalue weighted by Gasteiger charge is -2.06. The molecular formula is C10H11BrN2O3. The molecule has 2 rings (SSSR count). The smallest absolute Gasteiger partial charge is 0.319 e. The maximum absolute atomic E-state index is 11.4. The predicted octanol–water partition coefficient (Wildman–Crippen LogP) is 1.93. The Labute approximate surface area is 101 Å². The van der Waals surface area contributed by atoms with Crippen LogP contribution in [-0.4, -0.2) is 24.7 Å². The molecule has 0 saturated heterocycles. The highest BCUT2D eigenvalue weighted by atomic mass is 79.9. The van der Waals surface area contributed by atoms with Crippen molar-refractivity contribution in [1.82, 2.24) is 5.32 Å². The number of nitrogens with one attached hydrogen (secondary N) is 2. The summed E-state index contributed by atoms with van der Waals surface area (Å²) in [6.07, 6.45) is 0. The van der Waals surface area contributed by atoms with E-state index in [4.69, 9.17) is 9.47 Å². The normalized spacial score (nSPS) is 12.3. The first-order valence-corrected chi connectivity index (χ1v) is 5.92. The second-order valence-electron chi connectivity index (χ2n) is 3.14. The number of benzene rings is 1. The van der Waals surface area contributed by atoms with E-state index in [9.17, 15) is 4.79 Å². The fourth-order valence-electron chi connectivity index (χ4n) is 1.31. The molecule has 2 amide bonds. The molecule has 1 aliphatic heterocycles. The monoisotopic (exact) mass is 286 g/mol. The average molecular weight is 287 g/mol. The highest BCUT2D eigenvalue weighted by molar-refractivity contribution is 9.09. The van der Waals surface area contributed by atoms with Crippen molar-refractivity contribution >= 4 is 27.6 Å². The zero-order chi connectivity index (χ0) is 11.4. The van der Waals surface area contributed by atoms with Gasteiger partial charge in [-0.3, -0.25) is 0 Å². The number of anilines is 1. The fourth-order valence-corrected chi connectivity index (χ4v) is 1.51. The van der Waals surface area contributed by atoms with Gasteiger partial charge >= 0.3 is 6.03 Å². The third-order valence-electron chi connectivity index (χ3n) is 2.01. The van der Waals surface area contributed by atoms with Crippen LogP contribution < -0.4 is 20.1 Å². The molecule has 0 radical (unpaired) electrons. The molecular weight excluding hydrogens is 276 g/mol. The second kappa shape index (κ2) is 5.07. The van der Waals surface area contributed by atoms with Crippen LogP contribution >= 0.6 is 15.9 Å². The van der Waals surface area contributed by atoms with Crippen LogP contribution in [0.2, 0.25) is 0 Å². The van der Waals surface area contributed by atoms with Crippen LogP contribution in [0.4, 0.5) is 10.5 Å². The highest BCUT2D eigenvalue weighted by Gasteiger charge is 2.13. The van der Waals surface area contributed by atoms with Gasteiger partial charge in [0.1, 0.15) is 0 Å². The zero-order valence-electron chi connectivity index (χ0n) is 8.46. The van der Waals surface area contributed by atoms with E-state index in [1.807, 2.05) is 0 Å². The number of fused-ring (bicyclic) bond motifs is 1. The van der Waals surface area contributed by atoms with Gasteiger partial charge in [0.25, 0.3) is 0 Å². The van der Waals surface area contributed by atoms with E-state index in [2.05, 4.69) is 26.6 Å². The molecule has 1 aromatic carbocycles. The Bertz CT molecular complexity index is 398. The van der Waals surface area contributed by atoms with Crippen LogP contribution in [0.15, 0.2) is 18.2 Å². The summed E-state index contributed by atoms with van der Waals surface area (Å²) in [5.41, 5.74) is 0.677. The van der Waals surface area contributed by atoms with Gasteiger partial charge in [0.2, 0.25) is 6.79 Å². The third-order valence-corrected chi connectivity index (χ3v) is 2.41. The maximum atomic E-state index is 11.4. The topological polar surface area (TPSA) is 59.6 Å². The molecule has 0 aliphatic carbocycles. The molecule has 1 aliphatic rings. The van der Waals surface area contributed by atoms with E-state index in [1.54, 1.807) is 18.2 Å². The molecule has 1 aromatic rings. The van der Waals surface area contributed by atoms with Gasteiger partial charge in [-0.25, -0.2) is 4.79 Å². The summed E-state index contributed by atoms with van der Waals surface area (Å²) < 4.78 is 10.4. The van der Waals surface area contributed by atoms with Crippen LogP contribution in [0.5, 0.6) is 11.5 Å². The standard InChI is InChI=1S/C10H11BrN2O3/c11-3-4-12-10(14)13-7-1-2-8-9(5-7)16-6-15-8/h1-2,5H,3-4,6H2,(H2,12,13,14). The molecule has 0 atom stereocenters. The Hall–Kier alpha value is -1.43. The summed E-state index contributed by atoms with van der Waals surface area (Å²) >= 11 is 3.22. The van der Waals surface area contributed by atoms with Crippen molar-refractivity contribution in [2.24, 2.45) is 0 Å². The summed E-state index contributed by atoms with van der Waals surface area (Å²) in [6, 6.07) is 5.03. The van der Waals surface area contributed by atoms with Gasteiger partial charge < -0.3 is 20.1 Å². The van der Waals surface area contributed by atoms with E-state index in [0.29, 0.717) is 23.7 Å². The zero-order valence-corrected chi connectivity index (χ0v) is 10.0. The van der Waals surface area contributed by atoms with Crippen molar-refractivity contribution < 1.29 is 14.3 Å². The lowest BCUT2D eigenvalue weighted by molar-refractivity contribution is 0.174. The van der Waals surface area contributed by atoms with Gasteiger partial charge in [-0.05, 0) is 12.1 Å². The van der Waals surface area contributed by atoms with Gasteiger partial charge in [-0.2, -0.15) is 0 Å². The summed E-state index contributed by atoms with van der Waals surface area (Å²) in [4.78, 5) is 11.4. The number of carbonyl (C=O) groups excluding carboxylic acids is 1. The van der Waals surface area contributed by atoms with E-state index in [0.717, 1.165) is 5.33 Å². The molecule has 1 heterocycles. The van der Waals surface area contributed by atoms with Crippen LogP contribution in [0.3, 0.4) is 0 Å². The van der Waals surface area contributed by atoms with E-state index >= 15 is 0 Å². The largest absolute Gasteiger partial charge is 0.454 e.